The van der Waals surface area contributed by atoms with Gasteiger partial charge in [0.25, 0.3) is 0 Å². The second-order valence-corrected chi connectivity index (χ2v) is 6.59. The van der Waals surface area contributed by atoms with Gasteiger partial charge in [0.2, 0.25) is 5.91 Å². The highest BCUT2D eigenvalue weighted by Gasteiger charge is 2.17. The molecule has 5 nitrogen and oxygen atoms in total. The molecule has 1 heterocycles. The first-order valence-corrected chi connectivity index (χ1v) is 9.07. The molecule has 0 spiro atoms. The minimum Gasteiger partial charge on any atom is -0.489 e. The molecule has 1 unspecified atom stereocenters. The summed E-state index contributed by atoms with van der Waals surface area (Å²) in [7, 11) is 0. The summed E-state index contributed by atoms with van der Waals surface area (Å²) in [6, 6.07) is 13.6. The number of nitrogens with one attached hydrogen (secondary N) is 2. The van der Waals surface area contributed by atoms with Crippen LogP contribution in [-0.4, -0.2) is 31.8 Å². The van der Waals surface area contributed by atoms with Gasteiger partial charge in [-0.2, -0.15) is 0 Å². The van der Waals surface area contributed by atoms with Crippen LogP contribution in [0.5, 0.6) is 5.75 Å². The summed E-state index contributed by atoms with van der Waals surface area (Å²) >= 11 is 0. The van der Waals surface area contributed by atoms with Gasteiger partial charge in [-0.3, -0.25) is 4.79 Å². The van der Waals surface area contributed by atoms with Crippen molar-refractivity contribution in [3.8, 4) is 5.75 Å². The molecule has 0 bridgehead atoms. The minimum atomic E-state index is -0.0902. The topological polar surface area (TPSA) is 59.6 Å². The number of para-hydroxylation sites is 2. The largest absolute Gasteiger partial charge is 0.489 e. The molecule has 3 rings (SSSR count). The van der Waals surface area contributed by atoms with Crippen LogP contribution in [0.2, 0.25) is 0 Å². The predicted molar refractivity (Wildman–Crippen MR) is 104 cm³/mol. The van der Waals surface area contributed by atoms with Crippen molar-refractivity contribution < 1.29 is 14.3 Å². The number of carbonyl (C=O) groups is 1. The Hall–Kier alpha value is -2.53. The summed E-state index contributed by atoms with van der Waals surface area (Å²) in [5, 5.41) is 6.12. The highest BCUT2D eigenvalue weighted by Crippen LogP contribution is 2.25. The van der Waals surface area contributed by atoms with Crippen molar-refractivity contribution in [3.05, 3.63) is 53.6 Å². The van der Waals surface area contributed by atoms with Crippen molar-refractivity contribution in [1.82, 2.24) is 0 Å². The molecule has 2 aromatic carbocycles. The van der Waals surface area contributed by atoms with Gasteiger partial charge in [-0.05, 0) is 56.0 Å². The van der Waals surface area contributed by atoms with Crippen LogP contribution in [0, 0.1) is 13.8 Å². The Bertz CT molecular complexity index is 755. The van der Waals surface area contributed by atoms with E-state index in [2.05, 4.69) is 10.6 Å². The molecule has 138 valence electrons. The van der Waals surface area contributed by atoms with Gasteiger partial charge >= 0.3 is 0 Å². The van der Waals surface area contributed by atoms with E-state index in [1.165, 1.54) is 0 Å². The first-order valence-electron chi connectivity index (χ1n) is 9.07. The molecule has 26 heavy (non-hydrogen) atoms. The monoisotopic (exact) mass is 354 g/mol. The number of amides is 1. The first kappa shape index (κ1) is 18.3. The van der Waals surface area contributed by atoms with Crippen LogP contribution in [0.1, 0.15) is 24.0 Å². The molecule has 2 aromatic rings. The third-order valence-corrected chi connectivity index (χ3v) is 4.65. The van der Waals surface area contributed by atoms with Gasteiger partial charge in [0.15, 0.2) is 0 Å². The second-order valence-electron chi connectivity index (χ2n) is 6.59. The molecule has 1 saturated heterocycles. The van der Waals surface area contributed by atoms with E-state index >= 15 is 0 Å². The van der Waals surface area contributed by atoms with Crippen molar-refractivity contribution in [2.75, 3.05) is 30.4 Å². The maximum absolute atomic E-state index is 12.3. The first-order chi connectivity index (χ1) is 12.6. The Labute approximate surface area is 154 Å². The van der Waals surface area contributed by atoms with E-state index in [0.29, 0.717) is 6.61 Å². The van der Waals surface area contributed by atoms with Gasteiger partial charge in [-0.25, -0.2) is 0 Å². The summed E-state index contributed by atoms with van der Waals surface area (Å²) in [5.74, 6) is 0.648. The van der Waals surface area contributed by atoms with Crippen molar-refractivity contribution in [2.45, 2.75) is 32.8 Å². The van der Waals surface area contributed by atoms with E-state index in [0.717, 1.165) is 47.7 Å². The third-order valence-electron chi connectivity index (χ3n) is 4.65. The highest BCUT2D eigenvalue weighted by atomic mass is 16.5. The number of carbonyl (C=O) groups excluding carboxylic acids is 1. The van der Waals surface area contributed by atoms with Gasteiger partial charge in [0.1, 0.15) is 12.4 Å². The lowest BCUT2D eigenvalue weighted by atomic mass is 10.1. The molecule has 2 N–H and O–H groups in total. The zero-order valence-electron chi connectivity index (χ0n) is 15.4. The average molecular weight is 354 g/mol. The van der Waals surface area contributed by atoms with Crippen LogP contribution in [0.15, 0.2) is 42.5 Å². The number of rotatable bonds is 7. The number of ether oxygens (including phenoxy) is 2. The van der Waals surface area contributed by atoms with E-state index < -0.39 is 0 Å². The van der Waals surface area contributed by atoms with E-state index in [1.807, 2.05) is 56.3 Å². The Morgan fingerprint density at radius 3 is 2.77 bits per heavy atom. The van der Waals surface area contributed by atoms with Crippen LogP contribution in [0.4, 0.5) is 11.4 Å². The Morgan fingerprint density at radius 2 is 1.96 bits per heavy atom. The van der Waals surface area contributed by atoms with Crippen molar-refractivity contribution in [1.29, 1.82) is 0 Å². The fourth-order valence-corrected chi connectivity index (χ4v) is 2.95. The summed E-state index contributed by atoms with van der Waals surface area (Å²) in [5.41, 5.74) is 3.89. The van der Waals surface area contributed by atoms with E-state index in [4.69, 9.17) is 9.47 Å². The number of hydrogen-bond donors (Lipinski definition) is 2. The zero-order valence-corrected chi connectivity index (χ0v) is 15.4. The molecule has 0 radical (unpaired) electrons. The number of hydrogen-bond acceptors (Lipinski definition) is 4. The van der Waals surface area contributed by atoms with Crippen LogP contribution >= 0.6 is 0 Å². The number of aryl methyl sites for hydroxylation is 1. The lowest BCUT2D eigenvalue weighted by Gasteiger charge is -2.16. The van der Waals surface area contributed by atoms with Gasteiger partial charge in [-0.15, -0.1) is 0 Å². The summed E-state index contributed by atoms with van der Waals surface area (Å²) in [4.78, 5) is 12.3. The maximum Gasteiger partial charge on any atom is 0.243 e. The molecule has 0 aliphatic carbocycles. The van der Waals surface area contributed by atoms with Crippen molar-refractivity contribution >= 4 is 17.3 Å². The Balaban J connectivity index is 1.55. The maximum atomic E-state index is 12.3. The van der Waals surface area contributed by atoms with Gasteiger partial charge in [0, 0.05) is 12.3 Å². The average Bonchev–Trinajstić information content (AvgIpc) is 3.16. The van der Waals surface area contributed by atoms with Crippen LogP contribution in [0.3, 0.4) is 0 Å². The normalized spacial score (nSPS) is 16.3. The lowest BCUT2D eigenvalue weighted by Crippen LogP contribution is -2.23. The van der Waals surface area contributed by atoms with Crippen LogP contribution < -0.4 is 15.4 Å². The van der Waals surface area contributed by atoms with Crippen LogP contribution in [0.25, 0.3) is 0 Å². The predicted octanol–water partition coefficient (Wildman–Crippen LogP) is 3.91. The second kappa shape index (κ2) is 8.72. The minimum absolute atomic E-state index is 0.0902. The fourth-order valence-electron chi connectivity index (χ4n) is 2.95. The zero-order chi connectivity index (χ0) is 18.4. The molecular formula is C21H26N2O3. The SMILES string of the molecule is Cc1cccc(NC(=O)CNc2ccccc2OCC2CCCO2)c1C. The van der Waals surface area contributed by atoms with E-state index in [1.54, 1.807) is 0 Å². The van der Waals surface area contributed by atoms with Crippen molar-refractivity contribution in [2.24, 2.45) is 0 Å². The quantitative estimate of drug-likeness (QED) is 0.791. The van der Waals surface area contributed by atoms with E-state index in [-0.39, 0.29) is 18.6 Å². The molecule has 1 aliphatic rings. The molecule has 0 aromatic heterocycles. The van der Waals surface area contributed by atoms with Gasteiger partial charge in [0.05, 0.1) is 18.3 Å². The van der Waals surface area contributed by atoms with E-state index in [9.17, 15) is 4.79 Å². The molecule has 0 saturated carbocycles. The van der Waals surface area contributed by atoms with Gasteiger partial charge < -0.3 is 20.1 Å². The smallest absolute Gasteiger partial charge is 0.243 e. The van der Waals surface area contributed by atoms with Crippen molar-refractivity contribution in [3.63, 3.8) is 0 Å². The van der Waals surface area contributed by atoms with Gasteiger partial charge in [-0.1, -0.05) is 24.3 Å². The fraction of sp³-hybridized carbons (Fsp3) is 0.381. The molecule has 5 heteroatoms. The summed E-state index contributed by atoms with van der Waals surface area (Å²) < 4.78 is 11.5. The number of anilines is 2. The molecule has 1 aliphatic heterocycles. The summed E-state index contributed by atoms with van der Waals surface area (Å²) in [6.45, 7) is 5.56. The standard InChI is InChI=1S/C21H26N2O3/c1-15-7-5-10-18(16(15)2)23-21(24)13-22-19-9-3-4-11-20(19)26-14-17-8-6-12-25-17/h3-5,7,9-11,17,22H,6,8,12-14H2,1-2H3,(H,23,24). The summed E-state index contributed by atoms with van der Waals surface area (Å²) in [6.07, 6.45) is 2.29. The highest BCUT2D eigenvalue weighted by molar-refractivity contribution is 5.94. The Kier molecular flexibility index (Phi) is 6.12. The molecular weight excluding hydrogens is 328 g/mol. The molecule has 1 amide bonds. The van der Waals surface area contributed by atoms with Crippen LogP contribution in [-0.2, 0) is 9.53 Å². The number of benzene rings is 2. The lowest BCUT2D eigenvalue weighted by molar-refractivity contribution is -0.114. The third kappa shape index (κ3) is 4.76. The molecule has 1 atom stereocenters. The molecule has 1 fully saturated rings. The Morgan fingerprint density at radius 1 is 1.15 bits per heavy atom.